The van der Waals surface area contributed by atoms with Gasteiger partial charge in [0.05, 0.1) is 0 Å². The van der Waals surface area contributed by atoms with Gasteiger partial charge in [0.15, 0.2) is 0 Å². The molecule has 0 amide bonds. The Morgan fingerprint density at radius 3 is 2.76 bits per heavy atom. The summed E-state index contributed by atoms with van der Waals surface area (Å²) in [6.45, 7) is 8.91. The van der Waals surface area contributed by atoms with Gasteiger partial charge in [0.2, 0.25) is 0 Å². The number of furan rings is 1. The minimum absolute atomic E-state index is 0.510. The maximum atomic E-state index is 5.83. The van der Waals surface area contributed by atoms with E-state index in [1.165, 1.54) is 43.3 Å². The van der Waals surface area contributed by atoms with Crippen molar-refractivity contribution in [2.45, 2.75) is 45.7 Å². The SMILES string of the molecule is Cc1oc2ccccc2c1CNC(C)CN1CCCCC1. The minimum atomic E-state index is 0.510. The van der Waals surface area contributed by atoms with Crippen LogP contribution in [0.4, 0.5) is 0 Å². The third-order valence-electron chi connectivity index (χ3n) is 4.51. The first-order valence-corrected chi connectivity index (χ1v) is 8.17. The molecular weight excluding hydrogens is 260 g/mol. The summed E-state index contributed by atoms with van der Waals surface area (Å²) in [5.74, 6) is 1.04. The number of likely N-dealkylation sites (tertiary alicyclic amines) is 1. The van der Waals surface area contributed by atoms with Crippen LogP contribution in [-0.4, -0.2) is 30.6 Å². The molecule has 1 N–H and O–H groups in total. The molecule has 1 saturated heterocycles. The number of aryl methyl sites for hydroxylation is 1. The zero-order valence-corrected chi connectivity index (χ0v) is 13.2. The fourth-order valence-corrected chi connectivity index (χ4v) is 3.31. The van der Waals surface area contributed by atoms with Crippen molar-refractivity contribution in [3.05, 3.63) is 35.6 Å². The third-order valence-corrected chi connectivity index (χ3v) is 4.51. The molecule has 0 radical (unpaired) electrons. The number of para-hydroxylation sites is 1. The summed E-state index contributed by atoms with van der Waals surface area (Å²) in [6.07, 6.45) is 4.12. The van der Waals surface area contributed by atoms with E-state index in [2.05, 4.69) is 36.2 Å². The van der Waals surface area contributed by atoms with Crippen LogP contribution in [0.25, 0.3) is 11.0 Å². The van der Waals surface area contributed by atoms with Gasteiger partial charge in [-0.3, -0.25) is 0 Å². The molecule has 3 nitrogen and oxygen atoms in total. The number of hydrogen-bond acceptors (Lipinski definition) is 3. The van der Waals surface area contributed by atoms with Crippen LogP contribution in [0.1, 0.15) is 37.5 Å². The van der Waals surface area contributed by atoms with Crippen LogP contribution in [0.5, 0.6) is 0 Å². The fraction of sp³-hybridized carbons (Fsp3) is 0.556. The van der Waals surface area contributed by atoms with E-state index in [-0.39, 0.29) is 0 Å². The molecule has 1 aliphatic rings. The molecule has 114 valence electrons. The predicted octanol–water partition coefficient (Wildman–Crippen LogP) is 3.71. The maximum Gasteiger partial charge on any atom is 0.134 e. The predicted molar refractivity (Wildman–Crippen MR) is 87.5 cm³/mol. The smallest absolute Gasteiger partial charge is 0.134 e. The Morgan fingerprint density at radius 1 is 1.19 bits per heavy atom. The molecule has 0 saturated carbocycles. The highest BCUT2D eigenvalue weighted by Gasteiger charge is 2.15. The van der Waals surface area contributed by atoms with Gasteiger partial charge in [-0.2, -0.15) is 0 Å². The molecule has 1 aromatic heterocycles. The van der Waals surface area contributed by atoms with Crippen molar-refractivity contribution < 1.29 is 4.42 Å². The summed E-state index contributed by atoms with van der Waals surface area (Å²) < 4.78 is 5.83. The van der Waals surface area contributed by atoms with Crippen LogP contribution in [0.15, 0.2) is 28.7 Å². The van der Waals surface area contributed by atoms with Crippen molar-refractivity contribution in [3.63, 3.8) is 0 Å². The second-order valence-electron chi connectivity index (χ2n) is 6.28. The Kier molecular flexibility index (Phi) is 4.61. The summed E-state index contributed by atoms with van der Waals surface area (Å²) in [4.78, 5) is 2.58. The number of benzene rings is 1. The van der Waals surface area contributed by atoms with E-state index in [1.54, 1.807) is 0 Å². The first-order chi connectivity index (χ1) is 10.2. The van der Waals surface area contributed by atoms with E-state index in [1.807, 2.05) is 12.1 Å². The summed E-state index contributed by atoms with van der Waals surface area (Å²) in [5.41, 5.74) is 2.30. The van der Waals surface area contributed by atoms with Crippen LogP contribution in [-0.2, 0) is 6.54 Å². The first-order valence-electron chi connectivity index (χ1n) is 8.17. The Bertz CT molecular complexity index is 584. The average Bonchev–Trinajstić information content (AvgIpc) is 2.81. The largest absolute Gasteiger partial charge is 0.461 e. The normalized spacial score (nSPS) is 18.2. The Morgan fingerprint density at radius 2 is 1.95 bits per heavy atom. The number of hydrogen-bond donors (Lipinski definition) is 1. The molecule has 0 bridgehead atoms. The molecule has 1 atom stereocenters. The number of piperidine rings is 1. The summed E-state index contributed by atoms with van der Waals surface area (Å²) in [5, 5.41) is 4.91. The highest BCUT2D eigenvalue weighted by atomic mass is 16.3. The lowest BCUT2D eigenvalue weighted by molar-refractivity contribution is 0.209. The van der Waals surface area contributed by atoms with E-state index in [9.17, 15) is 0 Å². The average molecular weight is 286 g/mol. The second kappa shape index (κ2) is 6.63. The van der Waals surface area contributed by atoms with E-state index < -0.39 is 0 Å². The van der Waals surface area contributed by atoms with Gasteiger partial charge in [-0.25, -0.2) is 0 Å². The maximum absolute atomic E-state index is 5.83. The van der Waals surface area contributed by atoms with Gasteiger partial charge in [0.1, 0.15) is 11.3 Å². The lowest BCUT2D eigenvalue weighted by Gasteiger charge is -2.29. The third kappa shape index (κ3) is 3.47. The number of rotatable bonds is 5. The topological polar surface area (TPSA) is 28.4 Å². The molecule has 0 aliphatic carbocycles. The molecule has 2 heterocycles. The van der Waals surface area contributed by atoms with Crippen molar-refractivity contribution in [2.75, 3.05) is 19.6 Å². The van der Waals surface area contributed by atoms with Crippen LogP contribution in [0.3, 0.4) is 0 Å². The van der Waals surface area contributed by atoms with Crippen molar-refractivity contribution in [1.29, 1.82) is 0 Å². The van der Waals surface area contributed by atoms with E-state index in [4.69, 9.17) is 4.42 Å². The van der Waals surface area contributed by atoms with Crippen molar-refractivity contribution in [1.82, 2.24) is 10.2 Å². The zero-order valence-electron chi connectivity index (χ0n) is 13.2. The zero-order chi connectivity index (χ0) is 14.7. The quantitative estimate of drug-likeness (QED) is 0.908. The van der Waals surface area contributed by atoms with Gasteiger partial charge >= 0.3 is 0 Å². The highest BCUT2D eigenvalue weighted by Crippen LogP contribution is 2.25. The number of nitrogens with zero attached hydrogens (tertiary/aromatic N) is 1. The van der Waals surface area contributed by atoms with Crippen molar-refractivity contribution in [3.8, 4) is 0 Å². The Balaban J connectivity index is 1.59. The number of fused-ring (bicyclic) bond motifs is 1. The summed E-state index contributed by atoms with van der Waals surface area (Å²) in [7, 11) is 0. The molecule has 21 heavy (non-hydrogen) atoms. The van der Waals surface area contributed by atoms with Gasteiger partial charge in [-0.15, -0.1) is 0 Å². The monoisotopic (exact) mass is 286 g/mol. The molecule has 2 aromatic rings. The Labute approximate surface area is 127 Å². The first kappa shape index (κ1) is 14.6. The molecule has 1 unspecified atom stereocenters. The lowest BCUT2D eigenvalue weighted by Crippen LogP contribution is -2.41. The molecule has 3 rings (SSSR count). The van der Waals surface area contributed by atoms with Gasteiger partial charge in [-0.05, 0) is 45.8 Å². The van der Waals surface area contributed by atoms with Crippen LogP contribution < -0.4 is 5.32 Å². The molecule has 1 aromatic carbocycles. The van der Waals surface area contributed by atoms with Gasteiger partial charge < -0.3 is 14.6 Å². The van der Waals surface area contributed by atoms with Crippen LogP contribution in [0, 0.1) is 6.92 Å². The van der Waals surface area contributed by atoms with Crippen molar-refractivity contribution >= 4 is 11.0 Å². The van der Waals surface area contributed by atoms with Crippen molar-refractivity contribution in [2.24, 2.45) is 0 Å². The van der Waals surface area contributed by atoms with Crippen LogP contribution in [0.2, 0.25) is 0 Å². The van der Waals surface area contributed by atoms with Gasteiger partial charge in [0, 0.05) is 30.1 Å². The second-order valence-corrected chi connectivity index (χ2v) is 6.28. The highest BCUT2D eigenvalue weighted by molar-refractivity contribution is 5.82. The number of nitrogens with one attached hydrogen (secondary N) is 1. The lowest BCUT2D eigenvalue weighted by atomic mass is 10.1. The van der Waals surface area contributed by atoms with E-state index in [0.29, 0.717) is 6.04 Å². The minimum Gasteiger partial charge on any atom is -0.461 e. The molecule has 0 spiro atoms. The van der Waals surface area contributed by atoms with Gasteiger partial charge in [0.25, 0.3) is 0 Å². The van der Waals surface area contributed by atoms with Crippen LogP contribution >= 0.6 is 0 Å². The van der Waals surface area contributed by atoms with E-state index in [0.717, 1.165) is 24.4 Å². The van der Waals surface area contributed by atoms with Gasteiger partial charge in [-0.1, -0.05) is 24.6 Å². The molecule has 1 fully saturated rings. The molecular formula is C18H26N2O. The summed E-state index contributed by atoms with van der Waals surface area (Å²) >= 11 is 0. The fourth-order valence-electron chi connectivity index (χ4n) is 3.31. The standard InChI is InChI=1S/C18H26N2O/c1-14(13-20-10-6-3-7-11-20)19-12-17-15(2)21-18-9-5-4-8-16(17)18/h4-5,8-9,14,19H,3,6-7,10-13H2,1-2H3. The van der Waals surface area contributed by atoms with E-state index >= 15 is 0 Å². The Hall–Kier alpha value is -1.32. The summed E-state index contributed by atoms with van der Waals surface area (Å²) in [6, 6.07) is 8.82. The molecule has 3 heteroatoms. The molecule has 1 aliphatic heterocycles.